The molecular formula is C29H33N3O4. The number of aromatic nitrogens is 1. The first kappa shape index (κ1) is 25.2. The van der Waals surface area contributed by atoms with Crippen molar-refractivity contribution in [2.75, 3.05) is 18.6 Å². The Balaban J connectivity index is 1.84. The molecule has 1 heterocycles. The maximum absolute atomic E-state index is 14.0. The Kier molecular flexibility index (Phi) is 8.55. The molecule has 1 atom stereocenters. The van der Waals surface area contributed by atoms with Gasteiger partial charge in [0.25, 0.3) is 5.91 Å². The molecule has 1 aliphatic carbocycles. The summed E-state index contributed by atoms with van der Waals surface area (Å²) in [6.07, 6.45) is 6.79. The van der Waals surface area contributed by atoms with Crippen molar-refractivity contribution in [3.63, 3.8) is 0 Å². The van der Waals surface area contributed by atoms with Crippen molar-refractivity contribution in [3.8, 4) is 11.5 Å². The number of hydrogen-bond acceptors (Lipinski definition) is 5. The van der Waals surface area contributed by atoms with E-state index in [-0.39, 0.29) is 23.6 Å². The molecule has 0 saturated heterocycles. The number of carbonyl (C=O) groups is 2. The van der Waals surface area contributed by atoms with E-state index in [4.69, 9.17) is 9.47 Å². The zero-order chi connectivity index (χ0) is 25.3. The fourth-order valence-corrected chi connectivity index (χ4v) is 4.66. The van der Waals surface area contributed by atoms with Crippen molar-refractivity contribution in [1.82, 2.24) is 10.3 Å². The number of anilines is 1. The van der Waals surface area contributed by atoms with Gasteiger partial charge in [0.1, 0.15) is 23.2 Å². The minimum atomic E-state index is -0.961. The molecule has 0 bridgehead atoms. The number of amides is 2. The maximum atomic E-state index is 14.0. The van der Waals surface area contributed by atoms with Crippen molar-refractivity contribution in [2.24, 2.45) is 0 Å². The van der Waals surface area contributed by atoms with Crippen LogP contribution in [-0.2, 0) is 4.79 Å². The molecular weight excluding hydrogens is 454 g/mol. The second kappa shape index (κ2) is 12.2. The van der Waals surface area contributed by atoms with Crippen molar-refractivity contribution in [3.05, 3.63) is 84.2 Å². The largest absolute Gasteiger partial charge is 0.497 e. The number of rotatable bonds is 9. The lowest BCUT2D eigenvalue weighted by molar-refractivity contribution is -0.123. The molecule has 1 aromatic heterocycles. The second-order valence-corrected chi connectivity index (χ2v) is 8.81. The summed E-state index contributed by atoms with van der Waals surface area (Å²) in [5, 5.41) is 3.23. The number of ether oxygens (including phenoxy) is 2. The number of hydrogen-bond donors (Lipinski definition) is 1. The highest BCUT2D eigenvalue weighted by Gasteiger charge is 2.36. The van der Waals surface area contributed by atoms with Crippen LogP contribution in [0.4, 0.5) is 5.69 Å². The second-order valence-electron chi connectivity index (χ2n) is 8.81. The maximum Gasteiger partial charge on any atom is 0.277 e. The zero-order valence-corrected chi connectivity index (χ0v) is 20.9. The van der Waals surface area contributed by atoms with Crippen molar-refractivity contribution in [1.29, 1.82) is 0 Å². The molecule has 2 aromatic carbocycles. The van der Waals surface area contributed by atoms with E-state index in [1.165, 1.54) is 11.3 Å². The van der Waals surface area contributed by atoms with E-state index in [1.807, 2.05) is 31.2 Å². The van der Waals surface area contributed by atoms with Crippen molar-refractivity contribution < 1.29 is 19.1 Å². The average molecular weight is 488 g/mol. The van der Waals surface area contributed by atoms with Crippen LogP contribution in [0.1, 0.15) is 61.1 Å². The van der Waals surface area contributed by atoms with E-state index in [2.05, 4.69) is 10.3 Å². The Morgan fingerprint density at radius 2 is 1.72 bits per heavy atom. The van der Waals surface area contributed by atoms with E-state index in [9.17, 15) is 9.59 Å². The standard InChI is InChI=1S/C29H33N3O4/c1-3-36-26-15-8-7-13-24(26)27(28(33)31-21-11-5-4-6-12-21)32(22-16-18-23(35-2)19-17-22)29(34)25-14-9-10-20-30-25/h7-10,13-21,27H,3-6,11-12H2,1-2H3,(H,31,33)/t27-/m0/s1. The lowest BCUT2D eigenvalue weighted by Crippen LogP contribution is -2.47. The summed E-state index contributed by atoms with van der Waals surface area (Å²) < 4.78 is 11.2. The van der Waals surface area contributed by atoms with Gasteiger partial charge in [-0.15, -0.1) is 0 Å². The summed E-state index contributed by atoms with van der Waals surface area (Å²) in [7, 11) is 1.59. The minimum absolute atomic E-state index is 0.0793. The highest BCUT2D eigenvalue weighted by Crippen LogP contribution is 2.35. The monoisotopic (exact) mass is 487 g/mol. The molecule has 0 aliphatic heterocycles. The van der Waals surface area contributed by atoms with Gasteiger partial charge in [-0.2, -0.15) is 0 Å². The normalized spacial score (nSPS) is 14.5. The molecule has 1 N–H and O–H groups in total. The van der Waals surface area contributed by atoms with Gasteiger partial charge in [-0.3, -0.25) is 19.5 Å². The summed E-state index contributed by atoms with van der Waals surface area (Å²) in [5.41, 5.74) is 1.42. The van der Waals surface area contributed by atoms with Crippen LogP contribution in [0.2, 0.25) is 0 Å². The molecule has 0 radical (unpaired) electrons. The first-order chi connectivity index (χ1) is 17.6. The lowest BCUT2D eigenvalue weighted by Gasteiger charge is -2.34. The van der Waals surface area contributed by atoms with Crippen molar-refractivity contribution >= 4 is 17.5 Å². The van der Waals surface area contributed by atoms with Crippen LogP contribution in [-0.4, -0.2) is 36.6 Å². The number of nitrogens with one attached hydrogen (secondary N) is 1. The van der Waals surface area contributed by atoms with Gasteiger partial charge < -0.3 is 14.8 Å². The fraction of sp³-hybridized carbons (Fsp3) is 0.345. The Labute approximate surface area is 212 Å². The van der Waals surface area contributed by atoms with E-state index in [0.717, 1.165) is 25.7 Å². The number of methoxy groups -OCH3 is 1. The van der Waals surface area contributed by atoms with Crippen LogP contribution < -0.4 is 19.7 Å². The Morgan fingerprint density at radius 1 is 1.00 bits per heavy atom. The molecule has 7 heteroatoms. The predicted octanol–water partition coefficient (Wildman–Crippen LogP) is 5.33. The van der Waals surface area contributed by atoms with Crippen LogP contribution in [0, 0.1) is 0 Å². The van der Waals surface area contributed by atoms with Crippen LogP contribution in [0.15, 0.2) is 72.9 Å². The van der Waals surface area contributed by atoms with Gasteiger partial charge in [0.2, 0.25) is 5.91 Å². The molecule has 0 unspecified atom stereocenters. The van der Waals surface area contributed by atoms with Gasteiger partial charge in [-0.05, 0) is 62.2 Å². The van der Waals surface area contributed by atoms with Gasteiger partial charge >= 0.3 is 0 Å². The molecule has 1 aliphatic rings. The quantitative estimate of drug-likeness (QED) is 0.442. The number of nitrogens with zero attached hydrogens (tertiary/aromatic N) is 2. The summed E-state index contributed by atoms with van der Waals surface area (Å²) in [6, 6.07) is 18.8. The third-order valence-corrected chi connectivity index (χ3v) is 6.42. The van der Waals surface area contributed by atoms with Gasteiger partial charge in [0.05, 0.1) is 13.7 Å². The van der Waals surface area contributed by atoms with Crippen molar-refractivity contribution in [2.45, 2.75) is 51.1 Å². The molecule has 1 fully saturated rings. The Morgan fingerprint density at radius 3 is 2.39 bits per heavy atom. The Bertz CT molecular complexity index is 1140. The fourth-order valence-electron chi connectivity index (χ4n) is 4.66. The molecule has 1 saturated carbocycles. The number of carbonyl (C=O) groups excluding carboxylic acids is 2. The summed E-state index contributed by atoms with van der Waals surface area (Å²) >= 11 is 0. The Hall–Kier alpha value is -3.87. The van der Waals surface area contributed by atoms with E-state index < -0.39 is 6.04 Å². The number of pyridine rings is 1. The van der Waals surface area contributed by atoms with E-state index in [0.29, 0.717) is 29.4 Å². The van der Waals surface area contributed by atoms with Crippen LogP contribution in [0.5, 0.6) is 11.5 Å². The summed E-state index contributed by atoms with van der Waals surface area (Å²) in [5.74, 6) is 0.600. The molecule has 0 spiro atoms. The molecule has 188 valence electrons. The van der Waals surface area contributed by atoms with Crippen LogP contribution in [0.3, 0.4) is 0 Å². The first-order valence-electron chi connectivity index (χ1n) is 12.5. The SMILES string of the molecule is CCOc1ccccc1[C@@H](C(=O)NC1CCCCC1)N(C(=O)c1ccccn1)c1ccc(OC)cc1. The molecule has 3 aromatic rings. The summed E-state index contributed by atoms with van der Waals surface area (Å²) in [4.78, 5) is 33.8. The molecule has 36 heavy (non-hydrogen) atoms. The average Bonchev–Trinajstić information content (AvgIpc) is 2.93. The highest BCUT2D eigenvalue weighted by molar-refractivity contribution is 6.09. The zero-order valence-electron chi connectivity index (χ0n) is 20.9. The molecule has 7 nitrogen and oxygen atoms in total. The third kappa shape index (κ3) is 5.85. The van der Waals surface area contributed by atoms with Gasteiger partial charge in [0, 0.05) is 23.5 Å². The van der Waals surface area contributed by atoms with Crippen LogP contribution in [0.25, 0.3) is 0 Å². The van der Waals surface area contributed by atoms with Gasteiger partial charge in [0.15, 0.2) is 0 Å². The number of benzene rings is 2. The topological polar surface area (TPSA) is 80.8 Å². The van der Waals surface area contributed by atoms with E-state index >= 15 is 0 Å². The highest BCUT2D eigenvalue weighted by atomic mass is 16.5. The minimum Gasteiger partial charge on any atom is -0.497 e. The smallest absolute Gasteiger partial charge is 0.277 e. The van der Waals surface area contributed by atoms with Gasteiger partial charge in [-0.1, -0.05) is 43.5 Å². The number of para-hydroxylation sites is 1. The summed E-state index contributed by atoms with van der Waals surface area (Å²) in [6.45, 7) is 2.33. The lowest BCUT2D eigenvalue weighted by atomic mass is 9.94. The molecule has 4 rings (SSSR count). The molecule has 2 amide bonds. The van der Waals surface area contributed by atoms with Gasteiger partial charge in [-0.25, -0.2) is 0 Å². The first-order valence-corrected chi connectivity index (χ1v) is 12.5. The van der Waals surface area contributed by atoms with E-state index in [1.54, 1.807) is 55.8 Å². The third-order valence-electron chi connectivity index (χ3n) is 6.42. The van der Waals surface area contributed by atoms with Crippen LogP contribution >= 0.6 is 0 Å². The predicted molar refractivity (Wildman–Crippen MR) is 139 cm³/mol.